The summed E-state index contributed by atoms with van der Waals surface area (Å²) in [5, 5.41) is 1.02. The fourth-order valence-electron chi connectivity index (χ4n) is 3.95. The normalized spacial score (nSPS) is 10.7. The number of hydrogen-bond acceptors (Lipinski definition) is 6. The largest absolute Gasteiger partial charge is 0.497 e. The van der Waals surface area contributed by atoms with Crippen LogP contribution in [0.15, 0.2) is 54.7 Å². The first-order chi connectivity index (χ1) is 16.1. The zero-order valence-corrected chi connectivity index (χ0v) is 19.1. The van der Waals surface area contributed by atoms with Gasteiger partial charge in [-0.25, -0.2) is 0 Å². The van der Waals surface area contributed by atoms with Crippen LogP contribution in [0.4, 0.5) is 0 Å². The molecule has 0 aliphatic heterocycles. The van der Waals surface area contributed by atoms with Crippen LogP contribution in [-0.4, -0.2) is 46.3 Å². The number of H-pyrrole nitrogens is 1. The van der Waals surface area contributed by atoms with Gasteiger partial charge in [-0.05, 0) is 42.0 Å². The van der Waals surface area contributed by atoms with Gasteiger partial charge < -0.3 is 28.7 Å². The average molecular weight is 447 g/mol. The summed E-state index contributed by atoms with van der Waals surface area (Å²) in [5.41, 5.74) is 3.52. The van der Waals surface area contributed by atoms with E-state index < -0.39 is 0 Å². The van der Waals surface area contributed by atoms with Crippen LogP contribution in [0.2, 0.25) is 0 Å². The van der Waals surface area contributed by atoms with Crippen molar-refractivity contribution in [2.24, 2.45) is 0 Å². The Balaban J connectivity index is 1.84. The van der Waals surface area contributed by atoms with Gasteiger partial charge in [0.1, 0.15) is 11.5 Å². The van der Waals surface area contributed by atoms with E-state index in [1.165, 1.54) is 28.4 Å². The van der Waals surface area contributed by atoms with Gasteiger partial charge in [-0.2, -0.15) is 0 Å². The molecule has 33 heavy (non-hydrogen) atoms. The van der Waals surface area contributed by atoms with Crippen LogP contribution in [-0.2, 0) is 0 Å². The Labute approximate surface area is 191 Å². The van der Waals surface area contributed by atoms with E-state index >= 15 is 0 Å². The van der Waals surface area contributed by atoms with Gasteiger partial charge in [-0.1, -0.05) is 6.07 Å². The number of rotatable bonds is 8. The summed E-state index contributed by atoms with van der Waals surface area (Å²) in [6.45, 7) is 0. The molecular weight excluding hydrogens is 422 g/mol. The highest BCUT2D eigenvalue weighted by Gasteiger charge is 2.24. The molecule has 4 aromatic rings. The number of nitrogens with one attached hydrogen (secondary N) is 1. The summed E-state index contributed by atoms with van der Waals surface area (Å²) in [4.78, 5) is 16.9. The van der Waals surface area contributed by atoms with Crippen molar-refractivity contribution in [2.45, 2.75) is 0 Å². The summed E-state index contributed by atoms with van der Waals surface area (Å²) in [7, 11) is 7.69. The SMILES string of the molecule is COc1ccc2c(-c3ccc(OC)c(C(=O)c4ccc(OC)c(OC)c4OC)c3)c[nH]c2c1. The van der Waals surface area contributed by atoms with E-state index in [1.54, 1.807) is 25.3 Å². The van der Waals surface area contributed by atoms with Crippen LogP contribution in [0, 0.1) is 0 Å². The quantitative estimate of drug-likeness (QED) is 0.378. The number of aromatic nitrogens is 1. The molecule has 170 valence electrons. The van der Waals surface area contributed by atoms with E-state index in [0.717, 1.165) is 27.8 Å². The van der Waals surface area contributed by atoms with Crippen LogP contribution in [0.1, 0.15) is 15.9 Å². The third-order valence-electron chi connectivity index (χ3n) is 5.59. The highest BCUT2D eigenvalue weighted by molar-refractivity contribution is 6.14. The van der Waals surface area contributed by atoms with Gasteiger partial charge in [0.05, 0.1) is 46.7 Å². The second-order valence-electron chi connectivity index (χ2n) is 7.24. The molecule has 1 N–H and O–H groups in total. The molecule has 0 amide bonds. The maximum absolute atomic E-state index is 13.7. The summed E-state index contributed by atoms with van der Waals surface area (Å²) in [5.74, 6) is 2.10. The lowest BCUT2D eigenvalue weighted by atomic mass is 9.96. The third-order valence-corrected chi connectivity index (χ3v) is 5.59. The molecule has 1 aromatic heterocycles. The molecule has 7 nitrogen and oxygen atoms in total. The number of carbonyl (C=O) groups is 1. The molecule has 0 unspecified atom stereocenters. The van der Waals surface area contributed by atoms with Crippen molar-refractivity contribution in [2.75, 3.05) is 35.5 Å². The van der Waals surface area contributed by atoms with Crippen molar-refractivity contribution in [3.05, 3.63) is 65.9 Å². The van der Waals surface area contributed by atoms with Gasteiger partial charge in [0.2, 0.25) is 11.5 Å². The number of ether oxygens (including phenoxy) is 5. The Morgan fingerprint density at radius 2 is 1.42 bits per heavy atom. The maximum atomic E-state index is 13.7. The average Bonchev–Trinajstić information content (AvgIpc) is 3.29. The first kappa shape index (κ1) is 22.1. The van der Waals surface area contributed by atoms with E-state index in [2.05, 4.69) is 4.98 Å². The predicted molar refractivity (Wildman–Crippen MR) is 126 cm³/mol. The summed E-state index contributed by atoms with van der Waals surface area (Å²) in [6.07, 6.45) is 1.91. The Hall–Kier alpha value is -4.13. The van der Waals surface area contributed by atoms with E-state index in [4.69, 9.17) is 23.7 Å². The number of methoxy groups -OCH3 is 5. The molecule has 0 aliphatic carbocycles. The Morgan fingerprint density at radius 1 is 0.697 bits per heavy atom. The topological polar surface area (TPSA) is 79.0 Å². The molecule has 0 radical (unpaired) electrons. The molecule has 0 atom stereocenters. The van der Waals surface area contributed by atoms with Crippen molar-refractivity contribution in [1.82, 2.24) is 4.98 Å². The highest BCUT2D eigenvalue weighted by atomic mass is 16.5. The van der Waals surface area contributed by atoms with Crippen molar-refractivity contribution < 1.29 is 28.5 Å². The van der Waals surface area contributed by atoms with Gasteiger partial charge in [-0.3, -0.25) is 4.79 Å². The second-order valence-corrected chi connectivity index (χ2v) is 7.24. The number of carbonyl (C=O) groups excluding carboxylic acids is 1. The number of aromatic amines is 1. The van der Waals surface area contributed by atoms with Crippen LogP contribution >= 0.6 is 0 Å². The number of ketones is 1. The fraction of sp³-hybridized carbons (Fsp3) is 0.192. The van der Waals surface area contributed by atoms with Gasteiger partial charge >= 0.3 is 0 Å². The van der Waals surface area contributed by atoms with E-state index in [-0.39, 0.29) is 5.78 Å². The van der Waals surface area contributed by atoms with E-state index in [1.807, 2.05) is 36.5 Å². The lowest BCUT2D eigenvalue weighted by Gasteiger charge is -2.16. The molecule has 0 saturated heterocycles. The molecule has 0 bridgehead atoms. The van der Waals surface area contributed by atoms with E-state index in [0.29, 0.717) is 34.1 Å². The molecule has 3 aromatic carbocycles. The minimum Gasteiger partial charge on any atom is -0.497 e. The minimum atomic E-state index is -0.256. The molecule has 0 aliphatic rings. The molecule has 1 heterocycles. The predicted octanol–water partition coefficient (Wildman–Crippen LogP) is 5.11. The summed E-state index contributed by atoms with van der Waals surface area (Å²) >= 11 is 0. The second kappa shape index (κ2) is 9.16. The van der Waals surface area contributed by atoms with Gasteiger partial charge in [0.25, 0.3) is 0 Å². The number of benzene rings is 3. The first-order valence-corrected chi connectivity index (χ1v) is 10.2. The van der Waals surface area contributed by atoms with Gasteiger partial charge in [-0.15, -0.1) is 0 Å². The van der Waals surface area contributed by atoms with Crippen molar-refractivity contribution >= 4 is 16.7 Å². The number of hydrogen-bond donors (Lipinski definition) is 1. The monoisotopic (exact) mass is 447 g/mol. The Morgan fingerprint density at radius 3 is 2.09 bits per heavy atom. The smallest absolute Gasteiger partial charge is 0.204 e. The molecule has 0 spiro atoms. The third kappa shape index (κ3) is 3.82. The number of fused-ring (bicyclic) bond motifs is 1. The molecule has 0 saturated carbocycles. The van der Waals surface area contributed by atoms with Crippen LogP contribution in [0.3, 0.4) is 0 Å². The standard InChI is InChI=1S/C26H25NO6/c1-29-16-7-8-17-20(14-27-21(17)13-16)15-6-10-22(30-2)19(12-15)24(28)18-9-11-23(31-3)26(33-5)25(18)32-4/h6-14,27H,1-5H3. The van der Waals surface area contributed by atoms with Crippen molar-refractivity contribution in [3.63, 3.8) is 0 Å². The van der Waals surface area contributed by atoms with Crippen molar-refractivity contribution in [1.29, 1.82) is 0 Å². The summed E-state index contributed by atoms with van der Waals surface area (Å²) in [6, 6.07) is 14.7. The minimum absolute atomic E-state index is 0.256. The molecular formula is C26H25NO6. The Kier molecular flexibility index (Phi) is 6.13. The maximum Gasteiger partial charge on any atom is 0.204 e. The molecule has 0 fully saturated rings. The highest BCUT2D eigenvalue weighted by Crippen LogP contribution is 2.42. The summed E-state index contributed by atoms with van der Waals surface area (Å²) < 4.78 is 27.1. The lowest BCUT2D eigenvalue weighted by molar-refractivity contribution is 0.103. The van der Waals surface area contributed by atoms with Gasteiger partial charge in [0.15, 0.2) is 11.5 Å². The molecule has 4 rings (SSSR count). The van der Waals surface area contributed by atoms with Crippen molar-refractivity contribution in [3.8, 4) is 39.9 Å². The zero-order valence-electron chi connectivity index (χ0n) is 19.1. The molecule has 7 heteroatoms. The zero-order chi connectivity index (χ0) is 23.5. The van der Waals surface area contributed by atoms with Crippen LogP contribution in [0.5, 0.6) is 28.7 Å². The van der Waals surface area contributed by atoms with Crippen LogP contribution < -0.4 is 23.7 Å². The fourth-order valence-corrected chi connectivity index (χ4v) is 3.95. The Bertz CT molecular complexity index is 1320. The lowest BCUT2D eigenvalue weighted by Crippen LogP contribution is -2.08. The first-order valence-electron chi connectivity index (χ1n) is 10.2. The van der Waals surface area contributed by atoms with Gasteiger partial charge in [0, 0.05) is 28.7 Å². The van der Waals surface area contributed by atoms with E-state index in [9.17, 15) is 4.79 Å². The van der Waals surface area contributed by atoms with Crippen LogP contribution in [0.25, 0.3) is 22.0 Å².